The third-order valence-electron chi connectivity index (χ3n) is 4.08. The Morgan fingerprint density at radius 1 is 1.05 bits per heavy atom. The van der Waals surface area contributed by atoms with Crippen LogP contribution >= 0.6 is 0 Å². The number of aromatic hydroxyl groups is 2. The fraction of sp³-hybridized carbons (Fsp3) is 0.294. The summed E-state index contributed by atoms with van der Waals surface area (Å²) < 4.78 is 5.95. The molecule has 21 heavy (non-hydrogen) atoms. The minimum Gasteiger partial charge on any atom is -0.508 e. The fourth-order valence-corrected chi connectivity index (χ4v) is 2.83. The molecule has 3 rings (SSSR count). The molecule has 3 N–H and O–H groups in total. The molecule has 1 unspecified atom stereocenters. The lowest BCUT2D eigenvalue weighted by molar-refractivity contribution is 0.0709. The van der Waals surface area contributed by atoms with E-state index in [-0.39, 0.29) is 22.7 Å². The topological polar surface area (TPSA) is 69.9 Å². The molecule has 1 aromatic carbocycles. The first-order chi connectivity index (χ1) is 9.73. The van der Waals surface area contributed by atoms with Crippen molar-refractivity contribution < 1.29 is 20.1 Å². The Morgan fingerprint density at radius 3 is 2.38 bits per heavy atom. The smallest absolute Gasteiger partial charge is 0.166 e. The van der Waals surface area contributed by atoms with Gasteiger partial charge in [-0.05, 0) is 31.2 Å². The van der Waals surface area contributed by atoms with E-state index in [1.54, 1.807) is 12.1 Å². The molecule has 4 nitrogen and oxygen atoms in total. The van der Waals surface area contributed by atoms with Crippen LogP contribution in [-0.2, 0) is 10.3 Å². The van der Waals surface area contributed by atoms with Gasteiger partial charge < -0.3 is 20.1 Å². The van der Waals surface area contributed by atoms with Gasteiger partial charge in [0.1, 0.15) is 11.5 Å². The molecular formula is C17H18O4. The molecule has 0 fully saturated rings. The quantitative estimate of drug-likeness (QED) is 0.737. The van der Waals surface area contributed by atoms with Gasteiger partial charge >= 0.3 is 0 Å². The average Bonchev–Trinajstić information content (AvgIpc) is 2.75. The summed E-state index contributed by atoms with van der Waals surface area (Å²) in [6.07, 6.45) is 5.46. The van der Waals surface area contributed by atoms with Gasteiger partial charge in [-0.1, -0.05) is 19.9 Å². The number of phenolic OH excluding ortho intramolecular Hbond substituents is 2. The van der Waals surface area contributed by atoms with E-state index in [9.17, 15) is 15.3 Å². The number of phenols is 2. The third kappa shape index (κ3) is 1.98. The predicted octanol–water partition coefficient (Wildman–Crippen LogP) is 3.64. The maximum atomic E-state index is 10.1. The van der Waals surface area contributed by atoms with Crippen molar-refractivity contribution in [1.82, 2.24) is 0 Å². The van der Waals surface area contributed by atoms with Crippen molar-refractivity contribution in [3.05, 3.63) is 59.1 Å². The average molecular weight is 286 g/mol. The van der Waals surface area contributed by atoms with Crippen LogP contribution in [0.3, 0.4) is 0 Å². The lowest BCUT2D eigenvalue weighted by Gasteiger charge is -2.27. The first kappa shape index (κ1) is 13.6. The van der Waals surface area contributed by atoms with E-state index in [0.29, 0.717) is 11.3 Å². The van der Waals surface area contributed by atoms with Gasteiger partial charge in [0, 0.05) is 22.6 Å². The lowest BCUT2D eigenvalue weighted by atomic mass is 9.78. The number of benzene rings is 1. The lowest BCUT2D eigenvalue weighted by Crippen LogP contribution is -2.19. The second-order valence-electron chi connectivity index (χ2n) is 6.24. The third-order valence-corrected chi connectivity index (χ3v) is 4.08. The molecule has 1 atom stereocenters. The van der Waals surface area contributed by atoms with Gasteiger partial charge in [-0.3, -0.25) is 0 Å². The van der Waals surface area contributed by atoms with E-state index in [4.69, 9.17) is 4.74 Å². The summed E-state index contributed by atoms with van der Waals surface area (Å²) in [5, 5.41) is 29.5. The van der Waals surface area contributed by atoms with Gasteiger partial charge in [0.25, 0.3) is 0 Å². The van der Waals surface area contributed by atoms with Crippen LogP contribution in [-0.4, -0.2) is 15.3 Å². The van der Waals surface area contributed by atoms with Gasteiger partial charge in [0.2, 0.25) is 0 Å². The van der Waals surface area contributed by atoms with Crippen molar-refractivity contribution in [3.63, 3.8) is 0 Å². The summed E-state index contributed by atoms with van der Waals surface area (Å²) in [4.78, 5) is 0. The van der Waals surface area contributed by atoms with Crippen LogP contribution in [0.25, 0.3) is 0 Å². The molecule has 0 amide bonds. The summed E-state index contributed by atoms with van der Waals surface area (Å²) in [5.41, 5.74) is 0.279. The highest BCUT2D eigenvalue weighted by molar-refractivity contribution is 5.53. The molecule has 0 radical (unpaired) electrons. The molecule has 0 aromatic heterocycles. The van der Waals surface area contributed by atoms with E-state index < -0.39 is 5.60 Å². The fourth-order valence-electron chi connectivity index (χ4n) is 2.83. The van der Waals surface area contributed by atoms with Gasteiger partial charge in [-0.2, -0.15) is 0 Å². The minimum atomic E-state index is -0.889. The number of rotatable bonds is 1. The maximum absolute atomic E-state index is 10.1. The highest BCUT2D eigenvalue weighted by atomic mass is 16.5. The zero-order valence-electron chi connectivity index (χ0n) is 12.2. The molecule has 110 valence electrons. The van der Waals surface area contributed by atoms with Gasteiger partial charge in [-0.25, -0.2) is 0 Å². The number of allylic oxidation sites excluding steroid dienone is 3. The molecular weight excluding hydrogens is 268 g/mol. The molecule has 1 heterocycles. The molecule has 1 aliphatic heterocycles. The Kier molecular flexibility index (Phi) is 2.64. The highest BCUT2D eigenvalue weighted by Gasteiger charge is 2.43. The van der Waals surface area contributed by atoms with Crippen LogP contribution in [0.2, 0.25) is 0 Å². The first-order valence-electron chi connectivity index (χ1n) is 6.81. The Balaban J connectivity index is 2.14. The summed E-state index contributed by atoms with van der Waals surface area (Å²) in [5.74, 6) is 0.478. The van der Waals surface area contributed by atoms with Crippen molar-refractivity contribution >= 4 is 0 Å². The van der Waals surface area contributed by atoms with Crippen LogP contribution in [0, 0.1) is 5.41 Å². The van der Waals surface area contributed by atoms with E-state index in [2.05, 4.69) is 0 Å². The maximum Gasteiger partial charge on any atom is 0.166 e. The Bertz CT molecular complexity index is 710. The second-order valence-corrected chi connectivity index (χ2v) is 6.24. The molecule has 0 spiro atoms. The van der Waals surface area contributed by atoms with E-state index in [1.165, 1.54) is 12.1 Å². The normalized spacial score (nSPS) is 26.3. The van der Waals surface area contributed by atoms with Crippen LogP contribution in [0.1, 0.15) is 26.3 Å². The van der Waals surface area contributed by atoms with Crippen LogP contribution in [0.4, 0.5) is 0 Å². The van der Waals surface area contributed by atoms with Gasteiger partial charge in [-0.15, -0.1) is 0 Å². The van der Waals surface area contributed by atoms with Gasteiger partial charge in [0.15, 0.2) is 17.1 Å². The van der Waals surface area contributed by atoms with Crippen LogP contribution in [0.5, 0.6) is 11.5 Å². The van der Waals surface area contributed by atoms with E-state index in [0.717, 1.165) is 5.57 Å². The summed E-state index contributed by atoms with van der Waals surface area (Å²) >= 11 is 0. The Labute approximate surface area is 123 Å². The standard InChI is InChI=1S/C17H18O4/c1-16(2)7-6-13(19)15-12(16)9-17(3,21-15)11-5-4-10(18)8-14(11)20/h4-9,18-20H,1-3H3. The molecule has 1 aliphatic carbocycles. The number of hydrogen-bond donors (Lipinski definition) is 3. The van der Waals surface area contributed by atoms with Crippen molar-refractivity contribution in [2.24, 2.45) is 5.41 Å². The summed E-state index contributed by atoms with van der Waals surface area (Å²) in [6.45, 7) is 5.89. The molecule has 1 aromatic rings. The van der Waals surface area contributed by atoms with Crippen molar-refractivity contribution in [2.75, 3.05) is 0 Å². The summed E-state index contributed by atoms with van der Waals surface area (Å²) in [7, 11) is 0. The van der Waals surface area contributed by atoms with Crippen LogP contribution < -0.4 is 0 Å². The number of hydrogen-bond acceptors (Lipinski definition) is 4. The second kappa shape index (κ2) is 4.07. The largest absolute Gasteiger partial charge is 0.508 e. The van der Waals surface area contributed by atoms with Crippen LogP contribution in [0.15, 0.2) is 53.5 Å². The SMILES string of the molecule is CC1(C)C=CC(O)=C2OC(C)(c3ccc(O)cc3O)C=C21. The number of fused-ring (bicyclic) bond motifs is 1. The Hall–Kier alpha value is -2.36. The minimum absolute atomic E-state index is 0.00743. The predicted molar refractivity (Wildman–Crippen MR) is 78.9 cm³/mol. The van der Waals surface area contributed by atoms with Crippen molar-refractivity contribution in [2.45, 2.75) is 26.4 Å². The van der Waals surface area contributed by atoms with E-state index >= 15 is 0 Å². The Morgan fingerprint density at radius 2 is 1.76 bits per heavy atom. The highest BCUT2D eigenvalue weighted by Crippen LogP contribution is 2.51. The molecule has 0 saturated heterocycles. The number of aliphatic hydroxyl groups is 1. The zero-order chi connectivity index (χ0) is 15.4. The number of ether oxygens (including phenoxy) is 1. The van der Waals surface area contributed by atoms with Crippen molar-refractivity contribution in [3.8, 4) is 11.5 Å². The molecule has 2 aliphatic rings. The zero-order valence-corrected chi connectivity index (χ0v) is 12.2. The molecule has 4 heteroatoms. The van der Waals surface area contributed by atoms with Gasteiger partial charge in [0.05, 0.1) is 0 Å². The summed E-state index contributed by atoms with van der Waals surface area (Å²) in [6, 6.07) is 4.40. The monoisotopic (exact) mass is 286 g/mol. The first-order valence-corrected chi connectivity index (χ1v) is 6.81. The molecule has 0 bridgehead atoms. The van der Waals surface area contributed by atoms with E-state index in [1.807, 2.05) is 32.9 Å². The number of aliphatic hydroxyl groups excluding tert-OH is 1. The van der Waals surface area contributed by atoms with Crippen molar-refractivity contribution in [1.29, 1.82) is 0 Å². The molecule has 0 saturated carbocycles.